The molecule has 2 aliphatic rings. The van der Waals surface area contributed by atoms with Crippen LogP contribution in [0.2, 0.25) is 0 Å². The van der Waals surface area contributed by atoms with Crippen molar-refractivity contribution in [3.8, 4) is 0 Å². The summed E-state index contributed by atoms with van der Waals surface area (Å²) in [4.78, 5) is 0. The van der Waals surface area contributed by atoms with Gasteiger partial charge in [0.15, 0.2) is 0 Å². The van der Waals surface area contributed by atoms with Crippen LogP contribution in [-0.4, -0.2) is 5.92 Å². The van der Waals surface area contributed by atoms with E-state index in [2.05, 4.69) is 33.8 Å². The molecule has 0 amide bonds. The van der Waals surface area contributed by atoms with Gasteiger partial charge in [0.2, 0.25) is 0 Å². The van der Waals surface area contributed by atoms with Crippen LogP contribution in [-0.2, 0) is 0 Å². The number of allylic oxidation sites excluding steroid dienone is 4. The molecule has 2 aliphatic carbocycles. The molecular weight excluding hydrogens is 254 g/mol. The van der Waals surface area contributed by atoms with E-state index in [9.17, 15) is 8.78 Å². The average Bonchev–Trinajstić information content (AvgIpc) is 2.40. The third kappa shape index (κ3) is 6.19. The van der Waals surface area contributed by atoms with Crippen molar-refractivity contribution in [3.63, 3.8) is 0 Å². The molecule has 20 heavy (non-hydrogen) atoms. The van der Waals surface area contributed by atoms with Crippen molar-refractivity contribution in [1.29, 1.82) is 0 Å². The summed E-state index contributed by atoms with van der Waals surface area (Å²) in [5.41, 5.74) is 2.87. The van der Waals surface area contributed by atoms with Gasteiger partial charge in [-0.25, -0.2) is 8.78 Å². The van der Waals surface area contributed by atoms with Crippen LogP contribution in [0.3, 0.4) is 0 Å². The Morgan fingerprint density at radius 3 is 1.85 bits per heavy atom. The molecule has 2 heteroatoms. The fourth-order valence-electron chi connectivity index (χ4n) is 2.72. The summed E-state index contributed by atoms with van der Waals surface area (Å²) < 4.78 is 25.2. The van der Waals surface area contributed by atoms with Gasteiger partial charge < -0.3 is 0 Å². The summed E-state index contributed by atoms with van der Waals surface area (Å²) in [5.74, 6) is -1.20. The fourth-order valence-corrected chi connectivity index (χ4v) is 2.72. The van der Waals surface area contributed by atoms with E-state index in [0.29, 0.717) is 12.3 Å². The molecule has 0 aromatic rings. The predicted molar refractivity (Wildman–Crippen MR) is 83.1 cm³/mol. The molecule has 0 aromatic carbocycles. The second-order valence-electron chi connectivity index (χ2n) is 6.67. The molecule has 0 N–H and O–H groups in total. The van der Waals surface area contributed by atoms with Crippen molar-refractivity contribution in [2.45, 2.75) is 78.6 Å². The van der Waals surface area contributed by atoms with Gasteiger partial charge in [0.1, 0.15) is 0 Å². The minimum absolute atomic E-state index is 0.0387. The Balaban J connectivity index is 0.000000204. The molecule has 116 valence electrons. The molecule has 0 atom stereocenters. The average molecular weight is 284 g/mol. The molecule has 0 saturated carbocycles. The Morgan fingerprint density at radius 2 is 1.50 bits per heavy atom. The molecule has 0 heterocycles. The number of hydrogen-bond acceptors (Lipinski definition) is 0. The Bertz CT molecular complexity index is 348. The molecular formula is C18H30F2. The first-order valence-electron chi connectivity index (χ1n) is 8.07. The Labute approximate surface area is 123 Å². The first kappa shape index (κ1) is 17.4. The molecule has 0 saturated heterocycles. The van der Waals surface area contributed by atoms with Crippen LogP contribution < -0.4 is 0 Å². The number of alkyl halides is 2. The van der Waals surface area contributed by atoms with Gasteiger partial charge in [0.25, 0.3) is 5.92 Å². The number of hydrogen-bond donors (Lipinski definition) is 0. The quantitative estimate of drug-likeness (QED) is 0.506. The standard InChI is InChI=1S/C9H14F2.C9H16/c1-7(2)8-3-5-9(10,11)6-4-8;1-8(2)9-6-4-3-5-7-9/h3,7H,4-6H2,1-2H3;6,8H,3-5,7H2,1-2H3. The molecule has 0 bridgehead atoms. The highest BCUT2D eigenvalue weighted by Gasteiger charge is 2.31. The molecule has 0 aromatic heterocycles. The third-order valence-electron chi connectivity index (χ3n) is 4.25. The number of halogens is 2. The summed E-state index contributed by atoms with van der Waals surface area (Å²) in [6, 6.07) is 0. The molecule has 0 radical (unpaired) electrons. The molecule has 0 aliphatic heterocycles. The van der Waals surface area contributed by atoms with Crippen LogP contribution in [0.4, 0.5) is 8.78 Å². The molecule has 0 unspecified atom stereocenters. The fraction of sp³-hybridized carbons (Fsp3) is 0.778. The Morgan fingerprint density at radius 1 is 0.900 bits per heavy atom. The minimum Gasteiger partial charge on any atom is -0.207 e. The van der Waals surface area contributed by atoms with Gasteiger partial charge in [-0.05, 0) is 43.9 Å². The summed E-state index contributed by atoms with van der Waals surface area (Å²) in [6.07, 6.45) is 10.2. The predicted octanol–water partition coefficient (Wildman–Crippen LogP) is 6.53. The Hall–Kier alpha value is -0.660. The molecule has 0 spiro atoms. The van der Waals surface area contributed by atoms with Gasteiger partial charge in [-0.1, -0.05) is 51.0 Å². The zero-order valence-electron chi connectivity index (χ0n) is 13.5. The maximum Gasteiger partial charge on any atom is 0.251 e. The highest BCUT2D eigenvalue weighted by molar-refractivity contribution is 5.10. The molecule has 0 nitrogen and oxygen atoms in total. The van der Waals surface area contributed by atoms with Gasteiger partial charge >= 0.3 is 0 Å². The van der Waals surface area contributed by atoms with Crippen molar-refractivity contribution in [2.24, 2.45) is 11.8 Å². The van der Waals surface area contributed by atoms with Crippen LogP contribution in [0.25, 0.3) is 0 Å². The first-order valence-corrected chi connectivity index (χ1v) is 8.07. The van der Waals surface area contributed by atoms with E-state index in [1.807, 2.05) is 0 Å². The lowest BCUT2D eigenvalue weighted by Crippen LogP contribution is -2.19. The zero-order valence-corrected chi connectivity index (χ0v) is 13.5. The van der Waals surface area contributed by atoms with Crippen molar-refractivity contribution >= 4 is 0 Å². The Kier molecular flexibility index (Phi) is 6.91. The SMILES string of the molecule is CC(C)C1=CCC(F)(F)CC1.CC(C)C1=CCCCC1. The normalized spacial score (nSPS) is 22.0. The van der Waals surface area contributed by atoms with Crippen molar-refractivity contribution in [1.82, 2.24) is 0 Å². The summed E-state index contributed by atoms with van der Waals surface area (Å²) in [5, 5.41) is 0. The van der Waals surface area contributed by atoms with Crippen LogP contribution in [0, 0.1) is 11.8 Å². The van der Waals surface area contributed by atoms with Gasteiger partial charge in [-0.2, -0.15) is 0 Å². The van der Waals surface area contributed by atoms with Crippen LogP contribution in [0.1, 0.15) is 72.6 Å². The highest BCUT2D eigenvalue weighted by Crippen LogP contribution is 2.34. The number of rotatable bonds is 2. The zero-order chi connectivity index (χ0) is 15.2. The van der Waals surface area contributed by atoms with Crippen LogP contribution >= 0.6 is 0 Å². The van der Waals surface area contributed by atoms with Crippen molar-refractivity contribution in [3.05, 3.63) is 23.3 Å². The van der Waals surface area contributed by atoms with E-state index in [-0.39, 0.29) is 12.8 Å². The van der Waals surface area contributed by atoms with Crippen LogP contribution in [0.5, 0.6) is 0 Å². The monoisotopic (exact) mass is 284 g/mol. The highest BCUT2D eigenvalue weighted by atomic mass is 19.3. The summed E-state index contributed by atoms with van der Waals surface area (Å²) in [7, 11) is 0. The van der Waals surface area contributed by atoms with Gasteiger partial charge in [0.05, 0.1) is 0 Å². The van der Waals surface area contributed by atoms with E-state index in [1.54, 1.807) is 11.6 Å². The summed E-state index contributed by atoms with van der Waals surface area (Å²) in [6.45, 7) is 8.68. The van der Waals surface area contributed by atoms with Crippen molar-refractivity contribution in [2.75, 3.05) is 0 Å². The van der Waals surface area contributed by atoms with Gasteiger partial charge in [-0.3, -0.25) is 0 Å². The topological polar surface area (TPSA) is 0 Å². The lowest BCUT2D eigenvalue weighted by atomic mass is 9.90. The van der Waals surface area contributed by atoms with E-state index >= 15 is 0 Å². The third-order valence-corrected chi connectivity index (χ3v) is 4.25. The lowest BCUT2D eigenvalue weighted by molar-refractivity contribution is -0.00945. The van der Waals surface area contributed by atoms with E-state index < -0.39 is 5.92 Å². The van der Waals surface area contributed by atoms with E-state index in [1.165, 1.54) is 31.3 Å². The molecule has 2 rings (SSSR count). The smallest absolute Gasteiger partial charge is 0.207 e. The lowest BCUT2D eigenvalue weighted by Gasteiger charge is -2.23. The van der Waals surface area contributed by atoms with Gasteiger partial charge in [-0.15, -0.1) is 0 Å². The minimum atomic E-state index is -2.43. The first-order chi connectivity index (χ1) is 9.32. The van der Waals surface area contributed by atoms with E-state index in [0.717, 1.165) is 5.92 Å². The van der Waals surface area contributed by atoms with E-state index in [4.69, 9.17) is 0 Å². The second-order valence-corrected chi connectivity index (χ2v) is 6.67. The molecule has 0 fully saturated rings. The van der Waals surface area contributed by atoms with Crippen LogP contribution in [0.15, 0.2) is 23.3 Å². The maximum absolute atomic E-state index is 12.6. The maximum atomic E-state index is 12.6. The largest absolute Gasteiger partial charge is 0.251 e. The van der Waals surface area contributed by atoms with Crippen molar-refractivity contribution < 1.29 is 8.78 Å². The van der Waals surface area contributed by atoms with Gasteiger partial charge in [0, 0.05) is 12.8 Å². The summed E-state index contributed by atoms with van der Waals surface area (Å²) >= 11 is 0. The second kappa shape index (κ2) is 7.95.